The normalized spacial score (nSPS) is 11.7. The van der Waals surface area contributed by atoms with Crippen LogP contribution in [0.15, 0.2) is 18.3 Å². The highest BCUT2D eigenvalue weighted by Gasteiger charge is 2.32. The van der Waals surface area contributed by atoms with Gasteiger partial charge in [-0.25, -0.2) is 4.68 Å². The van der Waals surface area contributed by atoms with Crippen LogP contribution in [0.4, 0.5) is 13.2 Å². The smallest absolute Gasteiger partial charge is 0.298 e. The maximum absolute atomic E-state index is 12.6. The van der Waals surface area contributed by atoms with Gasteiger partial charge in [0, 0.05) is 6.20 Å². The van der Waals surface area contributed by atoms with Crippen LogP contribution in [0.3, 0.4) is 0 Å². The Bertz CT molecular complexity index is 657. The molecule has 0 aliphatic rings. The number of aromatic nitrogens is 2. The lowest BCUT2D eigenvalue weighted by Crippen LogP contribution is -2.07. The topological polar surface area (TPSA) is 34.9 Å². The summed E-state index contributed by atoms with van der Waals surface area (Å²) >= 11 is 11.7. The van der Waals surface area contributed by atoms with Gasteiger partial charge in [0.05, 0.1) is 26.9 Å². The van der Waals surface area contributed by atoms with Crippen molar-refractivity contribution in [1.29, 1.82) is 0 Å². The van der Waals surface area contributed by atoms with Crippen molar-refractivity contribution < 1.29 is 18.0 Å². The Morgan fingerprint density at radius 2 is 1.80 bits per heavy atom. The standard InChI is InChI=1S/C12H7Cl2F3N2O/c1-6-7(5-20)4-19(18-6)11-9(13)2-8(3-10(11)14)12(15,16)17/h2-5H,1H3. The van der Waals surface area contributed by atoms with Crippen molar-refractivity contribution in [2.45, 2.75) is 13.1 Å². The van der Waals surface area contributed by atoms with E-state index in [9.17, 15) is 18.0 Å². The molecule has 3 nitrogen and oxygen atoms in total. The van der Waals surface area contributed by atoms with Crippen LogP contribution in [-0.4, -0.2) is 16.1 Å². The zero-order valence-corrected chi connectivity index (χ0v) is 11.5. The fraction of sp³-hybridized carbons (Fsp3) is 0.167. The van der Waals surface area contributed by atoms with Crippen LogP contribution in [0.5, 0.6) is 0 Å². The highest BCUT2D eigenvalue weighted by Crippen LogP contribution is 2.37. The Morgan fingerprint density at radius 1 is 1.25 bits per heavy atom. The Hall–Kier alpha value is -1.53. The number of nitrogens with zero attached hydrogens (tertiary/aromatic N) is 2. The molecular formula is C12H7Cl2F3N2O. The van der Waals surface area contributed by atoms with Crippen LogP contribution in [0.2, 0.25) is 10.0 Å². The van der Waals surface area contributed by atoms with Crippen molar-refractivity contribution in [2.24, 2.45) is 0 Å². The number of aryl methyl sites for hydroxylation is 1. The molecule has 1 aromatic heterocycles. The SMILES string of the molecule is Cc1nn(-c2c(Cl)cc(C(F)(F)F)cc2Cl)cc1C=O. The third kappa shape index (κ3) is 2.66. The lowest BCUT2D eigenvalue weighted by atomic mass is 10.2. The van der Waals surface area contributed by atoms with E-state index in [1.54, 1.807) is 6.92 Å². The first kappa shape index (κ1) is 14.9. The molecule has 0 N–H and O–H groups in total. The quantitative estimate of drug-likeness (QED) is 0.772. The number of halogens is 5. The summed E-state index contributed by atoms with van der Waals surface area (Å²) in [6, 6.07) is 1.53. The maximum atomic E-state index is 12.6. The van der Waals surface area contributed by atoms with Crippen molar-refractivity contribution >= 4 is 29.5 Å². The van der Waals surface area contributed by atoms with Crippen LogP contribution in [0.25, 0.3) is 5.69 Å². The summed E-state index contributed by atoms with van der Waals surface area (Å²) in [5.41, 5.74) is -0.127. The molecule has 0 fully saturated rings. The first-order chi connectivity index (χ1) is 9.24. The Balaban J connectivity index is 2.60. The first-order valence-corrected chi connectivity index (χ1v) is 6.07. The van der Waals surface area contributed by atoms with Gasteiger partial charge in [0.25, 0.3) is 0 Å². The predicted molar refractivity (Wildman–Crippen MR) is 68.7 cm³/mol. The van der Waals surface area contributed by atoms with Crippen molar-refractivity contribution in [1.82, 2.24) is 9.78 Å². The Morgan fingerprint density at radius 3 is 2.20 bits per heavy atom. The minimum absolute atomic E-state index is 0.0949. The molecule has 0 atom stereocenters. The number of aldehydes is 1. The number of hydrogen-bond acceptors (Lipinski definition) is 2. The highest BCUT2D eigenvalue weighted by molar-refractivity contribution is 6.37. The van der Waals surface area contributed by atoms with Crippen molar-refractivity contribution in [2.75, 3.05) is 0 Å². The van der Waals surface area contributed by atoms with Crippen LogP contribution >= 0.6 is 23.2 Å². The van der Waals surface area contributed by atoms with E-state index in [0.29, 0.717) is 17.5 Å². The summed E-state index contributed by atoms with van der Waals surface area (Å²) in [6.07, 6.45) is -2.60. The summed E-state index contributed by atoms with van der Waals surface area (Å²) in [4.78, 5) is 10.8. The molecule has 20 heavy (non-hydrogen) atoms. The van der Waals surface area contributed by atoms with E-state index < -0.39 is 11.7 Å². The third-order valence-corrected chi connectivity index (χ3v) is 3.21. The first-order valence-electron chi connectivity index (χ1n) is 5.32. The van der Waals surface area contributed by atoms with E-state index in [4.69, 9.17) is 23.2 Å². The fourth-order valence-corrected chi connectivity index (χ4v) is 2.31. The average molecular weight is 323 g/mol. The lowest BCUT2D eigenvalue weighted by Gasteiger charge is -2.12. The van der Waals surface area contributed by atoms with Gasteiger partial charge in [0.1, 0.15) is 5.69 Å². The van der Waals surface area contributed by atoms with Gasteiger partial charge in [0.2, 0.25) is 0 Å². The molecule has 0 aliphatic heterocycles. The second kappa shape index (κ2) is 5.10. The summed E-state index contributed by atoms with van der Waals surface area (Å²) in [6.45, 7) is 1.59. The summed E-state index contributed by atoms with van der Waals surface area (Å²) < 4.78 is 39.0. The number of carbonyl (C=O) groups is 1. The monoisotopic (exact) mass is 322 g/mol. The van der Waals surface area contributed by atoms with E-state index in [1.807, 2.05) is 0 Å². The molecule has 0 unspecified atom stereocenters. The Labute approximate surface area is 121 Å². The van der Waals surface area contributed by atoms with Crippen LogP contribution in [-0.2, 0) is 6.18 Å². The molecule has 0 bridgehead atoms. The number of hydrogen-bond donors (Lipinski definition) is 0. The van der Waals surface area contributed by atoms with Crippen LogP contribution < -0.4 is 0 Å². The molecule has 0 saturated heterocycles. The molecule has 8 heteroatoms. The minimum atomic E-state index is -4.54. The molecule has 2 aromatic rings. The zero-order chi connectivity index (χ0) is 15.1. The van der Waals surface area contributed by atoms with E-state index in [-0.39, 0.29) is 15.7 Å². The second-order valence-electron chi connectivity index (χ2n) is 4.02. The zero-order valence-electron chi connectivity index (χ0n) is 10.0. The van der Waals surface area contributed by atoms with Gasteiger partial charge in [-0.1, -0.05) is 23.2 Å². The largest absolute Gasteiger partial charge is 0.416 e. The van der Waals surface area contributed by atoms with Gasteiger partial charge < -0.3 is 0 Å². The number of benzene rings is 1. The van der Waals surface area contributed by atoms with E-state index in [2.05, 4.69) is 5.10 Å². The van der Waals surface area contributed by atoms with Gasteiger partial charge in [-0.15, -0.1) is 0 Å². The summed E-state index contributed by atoms with van der Waals surface area (Å²) in [5.74, 6) is 0. The molecular weight excluding hydrogens is 316 g/mol. The molecule has 0 saturated carbocycles. The Kier molecular flexibility index (Phi) is 3.80. The molecule has 1 heterocycles. The number of carbonyl (C=O) groups excluding carboxylic acids is 1. The van der Waals surface area contributed by atoms with Crippen LogP contribution in [0.1, 0.15) is 21.6 Å². The molecule has 1 aromatic carbocycles. The highest BCUT2D eigenvalue weighted by atomic mass is 35.5. The predicted octanol–water partition coefficient (Wildman–Crippen LogP) is 4.32. The van der Waals surface area contributed by atoms with Gasteiger partial charge in [-0.05, 0) is 19.1 Å². The fourth-order valence-electron chi connectivity index (χ4n) is 1.65. The number of alkyl halides is 3. The van der Waals surface area contributed by atoms with Gasteiger partial charge in [-0.3, -0.25) is 4.79 Å². The molecule has 0 aliphatic carbocycles. The molecule has 0 spiro atoms. The molecule has 0 radical (unpaired) electrons. The average Bonchev–Trinajstić information content (AvgIpc) is 2.68. The van der Waals surface area contributed by atoms with Crippen molar-refractivity contribution in [3.8, 4) is 5.69 Å². The third-order valence-electron chi connectivity index (χ3n) is 2.64. The van der Waals surface area contributed by atoms with Crippen molar-refractivity contribution in [3.05, 3.63) is 45.2 Å². The van der Waals surface area contributed by atoms with Gasteiger partial charge in [0.15, 0.2) is 6.29 Å². The molecule has 0 amide bonds. The second-order valence-corrected chi connectivity index (χ2v) is 4.83. The minimum Gasteiger partial charge on any atom is -0.298 e. The van der Waals surface area contributed by atoms with Gasteiger partial charge >= 0.3 is 6.18 Å². The number of rotatable bonds is 2. The molecule has 106 valence electrons. The summed E-state index contributed by atoms with van der Waals surface area (Å²) in [5, 5.41) is 3.59. The van der Waals surface area contributed by atoms with E-state index >= 15 is 0 Å². The van der Waals surface area contributed by atoms with Gasteiger partial charge in [-0.2, -0.15) is 18.3 Å². The lowest BCUT2D eigenvalue weighted by molar-refractivity contribution is -0.137. The van der Waals surface area contributed by atoms with Crippen LogP contribution in [0, 0.1) is 6.92 Å². The van der Waals surface area contributed by atoms with E-state index in [0.717, 1.165) is 12.1 Å². The maximum Gasteiger partial charge on any atom is 0.416 e. The molecule has 2 rings (SSSR count). The van der Waals surface area contributed by atoms with E-state index in [1.165, 1.54) is 10.9 Å². The summed E-state index contributed by atoms with van der Waals surface area (Å²) in [7, 11) is 0. The van der Waals surface area contributed by atoms with Crippen molar-refractivity contribution in [3.63, 3.8) is 0 Å².